The number of nitrogens with one attached hydrogen (secondary N) is 1. The van der Waals surface area contributed by atoms with Crippen molar-refractivity contribution in [3.8, 4) is 17.2 Å². The van der Waals surface area contributed by atoms with Gasteiger partial charge in [-0.2, -0.15) is 0 Å². The van der Waals surface area contributed by atoms with Crippen LogP contribution >= 0.6 is 11.6 Å². The average Bonchev–Trinajstić information content (AvgIpc) is 3.05. The fourth-order valence-corrected chi connectivity index (χ4v) is 3.03. The van der Waals surface area contributed by atoms with Crippen LogP contribution in [0, 0.1) is 13.8 Å². The van der Waals surface area contributed by atoms with Gasteiger partial charge in [0.05, 0.1) is 5.69 Å². The third-order valence-electron chi connectivity index (χ3n) is 4.38. The summed E-state index contributed by atoms with van der Waals surface area (Å²) in [6.45, 7) is 5.95. The van der Waals surface area contributed by atoms with Crippen molar-refractivity contribution in [3.05, 3.63) is 70.6 Å². The molecule has 5 nitrogen and oxygen atoms in total. The van der Waals surface area contributed by atoms with Crippen LogP contribution in [0.25, 0.3) is 11.5 Å². The average molecular weight is 399 g/mol. The third kappa shape index (κ3) is 4.93. The molecule has 0 fully saturated rings. The topological polar surface area (TPSA) is 64.4 Å². The number of aromatic nitrogens is 1. The summed E-state index contributed by atoms with van der Waals surface area (Å²) in [5.74, 6) is 1.81. The number of benzene rings is 2. The number of hydrogen-bond donors (Lipinski definition) is 1. The second-order valence-electron chi connectivity index (χ2n) is 6.60. The van der Waals surface area contributed by atoms with Crippen LogP contribution in [0.3, 0.4) is 0 Å². The van der Waals surface area contributed by atoms with Gasteiger partial charge in [0.1, 0.15) is 11.5 Å². The molecule has 0 saturated carbocycles. The van der Waals surface area contributed by atoms with Crippen LogP contribution in [0.4, 0.5) is 0 Å². The smallest absolute Gasteiger partial charge is 0.260 e. The van der Waals surface area contributed by atoms with Crippen molar-refractivity contribution in [2.24, 2.45) is 0 Å². The van der Waals surface area contributed by atoms with Crippen LogP contribution in [-0.2, 0) is 11.2 Å². The molecule has 3 rings (SSSR count). The van der Waals surface area contributed by atoms with E-state index in [-0.39, 0.29) is 5.91 Å². The Morgan fingerprint density at radius 1 is 1.21 bits per heavy atom. The van der Waals surface area contributed by atoms with Gasteiger partial charge in [-0.05, 0) is 56.7 Å². The first-order valence-corrected chi connectivity index (χ1v) is 9.54. The third-order valence-corrected chi connectivity index (χ3v) is 4.62. The van der Waals surface area contributed by atoms with Crippen LogP contribution in [0.5, 0.6) is 5.75 Å². The van der Waals surface area contributed by atoms with Gasteiger partial charge in [0.2, 0.25) is 5.89 Å². The Kier molecular flexibility index (Phi) is 6.37. The van der Waals surface area contributed by atoms with E-state index in [1.54, 1.807) is 25.1 Å². The van der Waals surface area contributed by atoms with E-state index in [1.807, 2.05) is 44.2 Å². The van der Waals surface area contributed by atoms with E-state index >= 15 is 0 Å². The first-order chi connectivity index (χ1) is 13.4. The van der Waals surface area contributed by atoms with Gasteiger partial charge in [0.15, 0.2) is 6.10 Å². The second-order valence-corrected chi connectivity index (χ2v) is 7.04. The van der Waals surface area contributed by atoms with Crippen molar-refractivity contribution < 1.29 is 13.9 Å². The minimum atomic E-state index is -0.613. The first-order valence-electron chi connectivity index (χ1n) is 9.16. The Labute approximate surface area is 169 Å². The number of carbonyl (C=O) groups is 1. The Balaban J connectivity index is 1.53. The van der Waals surface area contributed by atoms with Crippen LogP contribution in [0.2, 0.25) is 5.02 Å². The number of aryl methyl sites for hydroxylation is 2. The zero-order valence-electron chi connectivity index (χ0n) is 16.2. The Bertz CT molecular complexity index is 954. The minimum absolute atomic E-state index is 0.182. The molecule has 0 bridgehead atoms. The predicted molar refractivity (Wildman–Crippen MR) is 110 cm³/mol. The van der Waals surface area contributed by atoms with E-state index in [2.05, 4.69) is 10.3 Å². The molecule has 1 aromatic heterocycles. The standard InChI is InChI=1S/C22H23ClN2O3/c1-14-13-18(23)9-10-20(14)27-16(3)21(26)24-12-11-19-15(2)28-22(25-19)17-7-5-4-6-8-17/h4-10,13,16H,11-12H2,1-3H3,(H,24,26). The first kappa shape index (κ1) is 20.0. The van der Waals surface area contributed by atoms with Crippen molar-refractivity contribution in [2.45, 2.75) is 33.3 Å². The zero-order chi connectivity index (χ0) is 20.1. The van der Waals surface area contributed by atoms with E-state index in [1.165, 1.54) is 0 Å². The number of rotatable bonds is 7. The lowest BCUT2D eigenvalue weighted by Gasteiger charge is -2.16. The number of hydrogen-bond acceptors (Lipinski definition) is 4. The molecular formula is C22H23ClN2O3. The van der Waals surface area contributed by atoms with E-state index in [4.69, 9.17) is 20.8 Å². The van der Waals surface area contributed by atoms with E-state index < -0.39 is 6.10 Å². The number of amides is 1. The molecule has 0 aliphatic rings. The minimum Gasteiger partial charge on any atom is -0.481 e. The normalized spacial score (nSPS) is 11.9. The molecule has 0 saturated heterocycles. The van der Waals surface area contributed by atoms with E-state index in [0.29, 0.717) is 29.6 Å². The second kappa shape index (κ2) is 8.93. The molecule has 0 aliphatic heterocycles. The highest BCUT2D eigenvalue weighted by atomic mass is 35.5. The van der Waals surface area contributed by atoms with Crippen LogP contribution < -0.4 is 10.1 Å². The summed E-state index contributed by atoms with van der Waals surface area (Å²) >= 11 is 5.95. The Morgan fingerprint density at radius 2 is 1.96 bits per heavy atom. The molecule has 1 unspecified atom stereocenters. The lowest BCUT2D eigenvalue weighted by molar-refractivity contribution is -0.127. The molecular weight excluding hydrogens is 376 g/mol. The number of oxazole rings is 1. The van der Waals surface area contributed by atoms with Crippen molar-refractivity contribution in [1.29, 1.82) is 0 Å². The molecule has 0 radical (unpaired) electrons. The lowest BCUT2D eigenvalue weighted by atomic mass is 10.2. The molecule has 1 atom stereocenters. The molecule has 146 valence electrons. The van der Waals surface area contributed by atoms with Gasteiger partial charge in [-0.1, -0.05) is 29.8 Å². The zero-order valence-corrected chi connectivity index (χ0v) is 16.9. The molecule has 1 amide bonds. The van der Waals surface area contributed by atoms with Gasteiger partial charge >= 0.3 is 0 Å². The highest BCUT2D eigenvalue weighted by Crippen LogP contribution is 2.23. The summed E-state index contributed by atoms with van der Waals surface area (Å²) in [5, 5.41) is 3.53. The fraction of sp³-hybridized carbons (Fsp3) is 0.273. The van der Waals surface area contributed by atoms with Crippen molar-refractivity contribution in [3.63, 3.8) is 0 Å². The molecule has 0 spiro atoms. The van der Waals surface area contributed by atoms with Crippen LogP contribution in [0.1, 0.15) is 23.9 Å². The summed E-state index contributed by atoms with van der Waals surface area (Å²) in [5.41, 5.74) is 2.65. The quantitative estimate of drug-likeness (QED) is 0.624. The maximum atomic E-state index is 12.3. The number of nitrogens with zero attached hydrogens (tertiary/aromatic N) is 1. The molecule has 1 N–H and O–H groups in total. The molecule has 3 aromatic rings. The van der Waals surface area contributed by atoms with Gasteiger partial charge in [0.25, 0.3) is 5.91 Å². The molecule has 2 aromatic carbocycles. The van der Waals surface area contributed by atoms with Gasteiger partial charge in [-0.3, -0.25) is 4.79 Å². The summed E-state index contributed by atoms with van der Waals surface area (Å²) in [7, 11) is 0. The Hall–Kier alpha value is -2.79. The van der Waals surface area contributed by atoms with E-state index in [9.17, 15) is 4.79 Å². The number of carbonyl (C=O) groups excluding carboxylic acids is 1. The van der Waals surface area contributed by atoms with Crippen molar-refractivity contribution >= 4 is 17.5 Å². The van der Waals surface area contributed by atoms with Gasteiger partial charge < -0.3 is 14.5 Å². The maximum Gasteiger partial charge on any atom is 0.260 e. The Morgan fingerprint density at radius 3 is 2.68 bits per heavy atom. The summed E-state index contributed by atoms with van der Waals surface area (Å²) < 4.78 is 11.5. The number of ether oxygens (including phenoxy) is 1. The molecule has 1 heterocycles. The van der Waals surface area contributed by atoms with Gasteiger partial charge in [-0.15, -0.1) is 0 Å². The summed E-state index contributed by atoms with van der Waals surface area (Å²) in [6, 6.07) is 15.1. The van der Waals surface area contributed by atoms with Crippen molar-refractivity contribution in [1.82, 2.24) is 10.3 Å². The summed E-state index contributed by atoms with van der Waals surface area (Å²) in [6.07, 6.45) is -0.0289. The van der Waals surface area contributed by atoms with Crippen LogP contribution in [-0.4, -0.2) is 23.5 Å². The van der Waals surface area contributed by atoms with E-state index in [0.717, 1.165) is 22.6 Å². The summed E-state index contributed by atoms with van der Waals surface area (Å²) in [4.78, 5) is 16.9. The number of halogens is 1. The highest BCUT2D eigenvalue weighted by Gasteiger charge is 2.16. The monoisotopic (exact) mass is 398 g/mol. The lowest BCUT2D eigenvalue weighted by Crippen LogP contribution is -2.37. The molecule has 0 aliphatic carbocycles. The van der Waals surface area contributed by atoms with Gasteiger partial charge in [0, 0.05) is 23.6 Å². The van der Waals surface area contributed by atoms with Crippen molar-refractivity contribution in [2.75, 3.05) is 6.54 Å². The molecule has 28 heavy (non-hydrogen) atoms. The van der Waals surface area contributed by atoms with Gasteiger partial charge in [-0.25, -0.2) is 4.98 Å². The molecule has 6 heteroatoms. The fourth-order valence-electron chi connectivity index (χ4n) is 2.80. The maximum absolute atomic E-state index is 12.3. The predicted octanol–water partition coefficient (Wildman–Crippen LogP) is 4.74. The SMILES string of the molecule is Cc1cc(Cl)ccc1OC(C)C(=O)NCCc1nc(-c2ccccc2)oc1C. The van der Waals surface area contributed by atoms with Crippen LogP contribution in [0.15, 0.2) is 52.9 Å². The highest BCUT2D eigenvalue weighted by molar-refractivity contribution is 6.30. The largest absolute Gasteiger partial charge is 0.481 e.